The highest BCUT2D eigenvalue weighted by Crippen LogP contribution is 2.47. The Bertz CT molecular complexity index is 1910. The zero-order chi connectivity index (χ0) is 33.6. The van der Waals surface area contributed by atoms with E-state index in [1.54, 1.807) is 0 Å². The third kappa shape index (κ3) is 6.86. The second-order valence-electron chi connectivity index (χ2n) is 16.5. The van der Waals surface area contributed by atoms with Crippen molar-refractivity contribution in [2.24, 2.45) is 11.3 Å². The van der Waals surface area contributed by atoms with Crippen LogP contribution in [0.3, 0.4) is 0 Å². The monoisotopic (exact) mass is 622 g/mol. The van der Waals surface area contributed by atoms with E-state index in [9.17, 15) is 0 Å². The van der Waals surface area contributed by atoms with Crippen LogP contribution < -0.4 is 10.3 Å². The Morgan fingerprint density at radius 3 is 1.70 bits per heavy atom. The van der Waals surface area contributed by atoms with Gasteiger partial charge in [-0.3, -0.25) is 0 Å². The highest BCUT2D eigenvalue weighted by atomic mass is 15.0. The standard InChI is InChI=1S/C44H51N3/c1-42(2,3)32-20-22-39-37(26-32)38-27-33(43(4,5)6)21-23-40(38)47(39)41-30(28-45-35-16-12-10-13-17-35)24-34(44(7,8)9)25-31(41)29-46-36-18-14-11-15-19-36/h10-23,26-29,34,45H,24-25H2,1-9H3/p+1/b30-28+,46-29?. The van der Waals surface area contributed by atoms with E-state index >= 15 is 0 Å². The zero-order valence-corrected chi connectivity index (χ0v) is 29.8. The van der Waals surface area contributed by atoms with Crippen LogP contribution in [0.1, 0.15) is 86.3 Å². The normalized spacial score (nSPS) is 17.4. The van der Waals surface area contributed by atoms with Crippen molar-refractivity contribution in [2.75, 3.05) is 5.32 Å². The Morgan fingerprint density at radius 1 is 0.660 bits per heavy atom. The molecule has 1 aliphatic rings. The van der Waals surface area contributed by atoms with Crippen molar-refractivity contribution >= 4 is 45.1 Å². The van der Waals surface area contributed by atoms with Gasteiger partial charge in [0.15, 0.2) is 6.21 Å². The first-order valence-electron chi connectivity index (χ1n) is 17.2. The summed E-state index contributed by atoms with van der Waals surface area (Å²) in [6.45, 7) is 21.0. The minimum absolute atomic E-state index is 0.0531. The SMILES string of the molecule is CC(C)(C)c1ccc2c(c1)c1cc(C(C)(C)C)ccc1n2C1=C(C=[NH+]c2ccccc2)CC(C(C)(C)C)C/C1=C\Nc1ccccc1. The average molecular weight is 623 g/mol. The van der Waals surface area contributed by atoms with Gasteiger partial charge in [0.1, 0.15) is 0 Å². The first-order valence-corrected chi connectivity index (χ1v) is 17.2. The summed E-state index contributed by atoms with van der Waals surface area (Å²) in [6, 6.07) is 35.3. The fourth-order valence-corrected chi connectivity index (χ4v) is 6.76. The van der Waals surface area contributed by atoms with E-state index in [1.807, 2.05) is 0 Å². The van der Waals surface area contributed by atoms with Gasteiger partial charge in [0.25, 0.3) is 0 Å². The van der Waals surface area contributed by atoms with Crippen molar-refractivity contribution in [1.29, 1.82) is 0 Å². The number of hydrogen-bond acceptors (Lipinski definition) is 1. The largest absolute Gasteiger partial charge is 0.361 e. The third-order valence-corrected chi connectivity index (χ3v) is 9.86. The molecule has 2 N–H and O–H groups in total. The maximum atomic E-state index is 3.68. The number of fused-ring (bicyclic) bond motifs is 3. The second kappa shape index (κ2) is 12.3. The van der Waals surface area contributed by atoms with Crippen LogP contribution in [0.15, 0.2) is 114 Å². The smallest absolute Gasteiger partial charge is 0.203 e. The van der Waals surface area contributed by atoms with Gasteiger partial charge in [0, 0.05) is 40.4 Å². The average Bonchev–Trinajstić information content (AvgIpc) is 3.35. The van der Waals surface area contributed by atoms with Gasteiger partial charge in [-0.15, -0.1) is 0 Å². The molecule has 5 aromatic rings. The molecule has 0 fully saturated rings. The molecule has 0 bridgehead atoms. The summed E-state index contributed by atoms with van der Waals surface area (Å²) in [7, 11) is 0. The minimum atomic E-state index is 0.0531. The number of allylic oxidation sites excluding steroid dienone is 3. The molecule has 1 aliphatic carbocycles. The first kappa shape index (κ1) is 32.6. The van der Waals surface area contributed by atoms with E-state index in [1.165, 1.54) is 49.8 Å². The predicted octanol–water partition coefficient (Wildman–Crippen LogP) is 10.5. The molecule has 3 nitrogen and oxygen atoms in total. The summed E-state index contributed by atoms with van der Waals surface area (Å²) in [5, 5.41) is 6.31. The minimum Gasteiger partial charge on any atom is -0.361 e. The first-order chi connectivity index (χ1) is 22.2. The van der Waals surface area contributed by atoms with Crippen LogP contribution in [-0.4, -0.2) is 10.8 Å². The molecule has 0 amide bonds. The van der Waals surface area contributed by atoms with Crippen molar-refractivity contribution in [1.82, 2.24) is 4.57 Å². The second-order valence-corrected chi connectivity index (χ2v) is 16.5. The molecule has 1 heterocycles. The van der Waals surface area contributed by atoms with Crippen molar-refractivity contribution in [3.8, 4) is 0 Å². The van der Waals surface area contributed by atoms with Crippen molar-refractivity contribution in [2.45, 2.75) is 86.0 Å². The summed E-state index contributed by atoms with van der Waals surface area (Å²) in [5.41, 5.74) is 11.6. The van der Waals surface area contributed by atoms with E-state index in [2.05, 4.69) is 187 Å². The van der Waals surface area contributed by atoms with Crippen LogP contribution in [0, 0.1) is 11.3 Å². The van der Waals surface area contributed by atoms with E-state index < -0.39 is 0 Å². The summed E-state index contributed by atoms with van der Waals surface area (Å²) < 4.78 is 2.55. The van der Waals surface area contributed by atoms with Crippen LogP contribution in [-0.2, 0) is 10.8 Å². The van der Waals surface area contributed by atoms with Gasteiger partial charge in [-0.1, -0.05) is 111 Å². The number of aromatic nitrogens is 1. The van der Waals surface area contributed by atoms with Gasteiger partial charge in [0.05, 0.1) is 16.7 Å². The molecule has 0 saturated heterocycles. The molecule has 47 heavy (non-hydrogen) atoms. The molecule has 1 atom stereocenters. The maximum absolute atomic E-state index is 3.68. The fraction of sp³-hybridized carbons (Fsp3) is 0.341. The summed E-state index contributed by atoms with van der Waals surface area (Å²) in [5.74, 6) is 0.479. The van der Waals surface area contributed by atoms with E-state index in [-0.39, 0.29) is 16.2 Å². The molecular weight excluding hydrogens is 571 g/mol. The quantitative estimate of drug-likeness (QED) is 0.188. The van der Waals surface area contributed by atoms with Crippen LogP contribution in [0.4, 0.5) is 11.4 Å². The molecule has 4 aromatic carbocycles. The van der Waals surface area contributed by atoms with Crippen molar-refractivity contribution in [3.05, 3.63) is 126 Å². The van der Waals surface area contributed by atoms with Crippen LogP contribution in [0.2, 0.25) is 0 Å². The maximum Gasteiger partial charge on any atom is 0.203 e. The van der Waals surface area contributed by atoms with Crippen molar-refractivity contribution < 1.29 is 4.99 Å². The van der Waals surface area contributed by atoms with Crippen LogP contribution >= 0.6 is 0 Å². The lowest BCUT2D eigenvalue weighted by atomic mass is 9.70. The van der Waals surface area contributed by atoms with Gasteiger partial charge in [-0.05, 0) is 88.1 Å². The zero-order valence-electron chi connectivity index (χ0n) is 29.8. The molecule has 3 heteroatoms. The Hall–Kier alpha value is -4.37. The van der Waals surface area contributed by atoms with E-state index in [4.69, 9.17) is 0 Å². The predicted molar refractivity (Wildman–Crippen MR) is 204 cm³/mol. The lowest BCUT2D eigenvalue weighted by Crippen LogP contribution is -2.62. The molecular formula is C44H52N3+. The lowest BCUT2D eigenvalue weighted by Gasteiger charge is -2.36. The van der Waals surface area contributed by atoms with E-state index in [0.717, 1.165) is 24.2 Å². The topological polar surface area (TPSA) is 30.9 Å². The number of benzene rings is 4. The van der Waals surface area contributed by atoms with Crippen LogP contribution in [0.25, 0.3) is 27.5 Å². The number of hydrogen-bond donors (Lipinski definition) is 2. The number of nitrogens with zero attached hydrogens (tertiary/aromatic N) is 1. The third-order valence-electron chi connectivity index (χ3n) is 9.86. The number of para-hydroxylation sites is 2. The van der Waals surface area contributed by atoms with Gasteiger partial charge in [0.2, 0.25) is 5.69 Å². The van der Waals surface area contributed by atoms with Gasteiger partial charge in [-0.2, -0.15) is 0 Å². The molecule has 0 radical (unpaired) electrons. The van der Waals surface area contributed by atoms with Gasteiger partial charge < -0.3 is 9.88 Å². The Balaban J connectivity index is 1.68. The summed E-state index contributed by atoms with van der Waals surface area (Å²) in [4.78, 5) is 3.68. The Labute approximate surface area is 282 Å². The number of anilines is 1. The fourth-order valence-electron chi connectivity index (χ4n) is 6.76. The molecule has 1 aromatic heterocycles. The molecule has 242 valence electrons. The van der Waals surface area contributed by atoms with Crippen molar-refractivity contribution in [3.63, 3.8) is 0 Å². The summed E-state index contributed by atoms with van der Waals surface area (Å²) in [6.07, 6.45) is 6.51. The number of nitrogens with one attached hydrogen (secondary N) is 2. The lowest BCUT2D eigenvalue weighted by molar-refractivity contribution is -0.347. The van der Waals surface area contributed by atoms with Gasteiger partial charge in [-0.25, -0.2) is 4.99 Å². The molecule has 1 unspecified atom stereocenters. The molecule has 0 spiro atoms. The van der Waals surface area contributed by atoms with E-state index in [0.29, 0.717) is 5.92 Å². The highest BCUT2D eigenvalue weighted by molar-refractivity contribution is 6.12. The highest BCUT2D eigenvalue weighted by Gasteiger charge is 2.35. The molecule has 0 saturated carbocycles. The van der Waals surface area contributed by atoms with Gasteiger partial charge >= 0.3 is 0 Å². The summed E-state index contributed by atoms with van der Waals surface area (Å²) >= 11 is 0. The van der Waals surface area contributed by atoms with Crippen LogP contribution in [0.5, 0.6) is 0 Å². The molecule has 0 aliphatic heterocycles. The molecule has 6 rings (SSSR count). The number of rotatable bonds is 5. The Morgan fingerprint density at radius 2 is 1.19 bits per heavy atom. The Kier molecular flexibility index (Phi) is 8.55.